The Morgan fingerprint density at radius 3 is 1.83 bits per heavy atom. The van der Waals surface area contributed by atoms with E-state index in [0.717, 1.165) is 0 Å². The summed E-state index contributed by atoms with van der Waals surface area (Å²) in [5, 5.41) is 0. The number of carbonyl (C=O) groups excluding carboxylic acids is 4. The summed E-state index contributed by atoms with van der Waals surface area (Å²) in [6.07, 6.45) is 1.20. The minimum Gasteiger partial charge on any atom is -0.306 e. The molecule has 0 aromatic heterocycles. The maximum Gasteiger partial charge on any atom is 0.214 e. The summed E-state index contributed by atoms with van der Waals surface area (Å²) in [5.74, 6) is -1.57. The number of aldehydes is 1. The number of ketones is 2. The molecule has 30 heavy (non-hydrogen) atoms. The molecule has 0 bridgehead atoms. The van der Waals surface area contributed by atoms with Gasteiger partial charge in [-0.05, 0) is 36.8 Å². The normalized spacial score (nSPS) is 12.4. The van der Waals surface area contributed by atoms with Gasteiger partial charge in [0.1, 0.15) is 12.2 Å². The summed E-state index contributed by atoms with van der Waals surface area (Å²) in [4.78, 5) is 50.4. The third-order valence-corrected chi connectivity index (χ3v) is 4.97. The van der Waals surface area contributed by atoms with Crippen LogP contribution in [0.1, 0.15) is 39.2 Å². The van der Waals surface area contributed by atoms with Gasteiger partial charge in [-0.25, -0.2) is 0 Å². The highest BCUT2D eigenvalue weighted by molar-refractivity contribution is 6.06. The quantitative estimate of drug-likeness (QED) is 0.306. The van der Waals surface area contributed by atoms with Crippen molar-refractivity contribution >= 4 is 30.0 Å². The molecule has 0 radical (unpaired) electrons. The van der Waals surface area contributed by atoms with E-state index in [1.165, 1.54) is 11.8 Å². The second kappa shape index (κ2) is 9.56. The molecule has 3 rings (SSSR count). The molecular formula is C25H21NO4. The van der Waals surface area contributed by atoms with Crippen LogP contribution in [0.15, 0.2) is 84.9 Å². The van der Waals surface area contributed by atoms with Crippen molar-refractivity contribution in [1.29, 1.82) is 0 Å². The van der Waals surface area contributed by atoms with Crippen molar-refractivity contribution in [3.63, 3.8) is 0 Å². The lowest BCUT2D eigenvalue weighted by Gasteiger charge is -2.32. The van der Waals surface area contributed by atoms with Crippen LogP contribution < -0.4 is 4.90 Å². The molecule has 0 aliphatic rings. The Labute approximate surface area is 175 Å². The molecule has 0 fully saturated rings. The number of benzene rings is 3. The molecule has 0 aliphatic heterocycles. The number of hydrogen-bond acceptors (Lipinski definition) is 4. The number of hydrogen-bond donors (Lipinski definition) is 0. The van der Waals surface area contributed by atoms with Gasteiger partial charge < -0.3 is 9.69 Å². The monoisotopic (exact) mass is 399 g/mol. The third-order valence-electron chi connectivity index (χ3n) is 4.97. The largest absolute Gasteiger partial charge is 0.306 e. The highest BCUT2D eigenvalue weighted by Crippen LogP contribution is 2.33. The number of amides is 1. The average molecular weight is 399 g/mol. The van der Waals surface area contributed by atoms with Gasteiger partial charge in [0.15, 0.2) is 11.6 Å². The molecular weight excluding hydrogens is 378 g/mol. The first-order valence-electron chi connectivity index (χ1n) is 9.51. The maximum atomic E-state index is 13.2. The van der Waals surface area contributed by atoms with Gasteiger partial charge in [0.25, 0.3) is 0 Å². The van der Waals surface area contributed by atoms with Gasteiger partial charge in [0, 0.05) is 16.8 Å². The number of anilines is 1. The fourth-order valence-corrected chi connectivity index (χ4v) is 3.42. The zero-order chi connectivity index (χ0) is 21.5. The van der Waals surface area contributed by atoms with Crippen LogP contribution in [0.3, 0.4) is 0 Å². The molecule has 3 aromatic carbocycles. The molecule has 2 atom stereocenters. The fraction of sp³-hybridized carbons (Fsp3) is 0.120. The molecule has 0 spiro atoms. The molecule has 2 unspecified atom stereocenters. The van der Waals surface area contributed by atoms with E-state index in [1.54, 1.807) is 78.9 Å². The standard InChI is InChI=1S/C25H21NO4/c1-18(29)19-12-14-22(15-13-19)26(17-28)24(20-8-4-2-5-9-20)23(16-27)25(30)21-10-6-3-7-11-21/h2-17,23-24H,1H3. The van der Waals surface area contributed by atoms with Gasteiger partial charge in [0.05, 0.1) is 6.04 Å². The van der Waals surface area contributed by atoms with Crippen molar-refractivity contribution in [3.8, 4) is 0 Å². The van der Waals surface area contributed by atoms with E-state index in [2.05, 4.69) is 0 Å². The number of carbonyl (C=O) groups is 4. The second-order valence-electron chi connectivity index (χ2n) is 6.86. The van der Waals surface area contributed by atoms with E-state index in [9.17, 15) is 19.2 Å². The van der Waals surface area contributed by atoms with E-state index in [-0.39, 0.29) is 11.6 Å². The minimum absolute atomic E-state index is 0.0937. The van der Waals surface area contributed by atoms with Crippen molar-refractivity contribution in [2.24, 2.45) is 5.92 Å². The topological polar surface area (TPSA) is 71.5 Å². The predicted molar refractivity (Wildman–Crippen MR) is 114 cm³/mol. The molecule has 0 aliphatic carbocycles. The Hall–Kier alpha value is -3.86. The van der Waals surface area contributed by atoms with Crippen LogP contribution in [0.25, 0.3) is 0 Å². The summed E-state index contributed by atoms with van der Waals surface area (Å²) < 4.78 is 0. The van der Waals surface area contributed by atoms with Crippen LogP contribution in [0.2, 0.25) is 0 Å². The Kier molecular flexibility index (Phi) is 6.65. The highest BCUT2D eigenvalue weighted by Gasteiger charge is 2.35. The average Bonchev–Trinajstić information content (AvgIpc) is 2.80. The predicted octanol–water partition coefficient (Wildman–Crippen LogP) is 4.29. The molecule has 1 amide bonds. The second-order valence-corrected chi connectivity index (χ2v) is 6.86. The molecule has 0 saturated carbocycles. The van der Waals surface area contributed by atoms with E-state index in [0.29, 0.717) is 35.1 Å². The summed E-state index contributed by atoms with van der Waals surface area (Å²) in [6.45, 7) is 1.46. The first-order chi connectivity index (χ1) is 14.6. The lowest BCUT2D eigenvalue weighted by Crippen LogP contribution is -2.37. The van der Waals surface area contributed by atoms with E-state index in [1.807, 2.05) is 6.07 Å². The van der Waals surface area contributed by atoms with Crippen LogP contribution in [-0.2, 0) is 9.59 Å². The van der Waals surface area contributed by atoms with Gasteiger partial charge >= 0.3 is 0 Å². The molecule has 150 valence electrons. The van der Waals surface area contributed by atoms with Crippen molar-refractivity contribution in [2.45, 2.75) is 13.0 Å². The van der Waals surface area contributed by atoms with E-state index >= 15 is 0 Å². The van der Waals surface area contributed by atoms with Gasteiger partial charge in [-0.3, -0.25) is 14.4 Å². The fourth-order valence-electron chi connectivity index (χ4n) is 3.42. The SMILES string of the molecule is CC(=O)c1ccc(N(C=O)C(c2ccccc2)C(C=O)C(=O)c2ccccc2)cc1. The third kappa shape index (κ3) is 4.41. The zero-order valence-electron chi connectivity index (χ0n) is 16.5. The van der Waals surface area contributed by atoms with Gasteiger partial charge in [-0.2, -0.15) is 0 Å². The van der Waals surface area contributed by atoms with Crippen LogP contribution >= 0.6 is 0 Å². The van der Waals surface area contributed by atoms with Crippen LogP contribution in [0, 0.1) is 5.92 Å². The molecule has 0 saturated heterocycles. The number of rotatable bonds is 9. The molecule has 0 N–H and O–H groups in total. The summed E-state index contributed by atoms with van der Waals surface area (Å²) >= 11 is 0. The Morgan fingerprint density at radius 1 is 0.767 bits per heavy atom. The summed E-state index contributed by atoms with van der Waals surface area (Å²) in [5.41, 5.74) is 2.04. The Balaban J connectivity index is 2.09. The summed E-state index contributed by atoms with van der Waals surface area (Å²) in [6, 6.07) is 23.2. The zero-order valence-corrected chi connectivity index (χ0v) is 16.5. The number of Topliss-reactive ketones (excluding diaryl/α,β-unsaturated/α-hetero) is 2. The molecule has 5 nitrogen and oxygen atoms in total. The smallest absolute Gasteiger partial charge is 0.214 e. The summed E-state index contributed by atoms with van der Waals surface area (Å²) in [7, 11) is 0. The highest BCUT2D eigenvalue weighted by atomic mass is 16.1. The van der Waals surface area contributed by atoms with Crippen LogP contribution in [0.4, 0.5) is 5.69 Å². The molecule has 0 heterocycles. The Bertz CT molecular complexity index is 1030. The van der Waals surface area contributed by atoms with E-state index < -0.39 is 12.0 Å². The molecule has 5 heteroatoms. The maximum absolute atomic E-state index is 13.2. The van der Waals surface area contributed by atoms with E-state index in [4.69, 9.17) is 0 Å². The number of nitrogens with zero attached hydrogens (tertiary/aromatic N) is 1. The Morgan fingerprint density at radius 2 is 1.33 bits per heavy atom. The van der Waals surface area contributed by atoms with Crippen LogP contribution in [-0.4, -0.2) is 24.3 Å². The van der Waals surface area contributed by atoms with Crippen molar-refractivity contribution in [3.05, 3.63) is 102 Å². The minimum atomic E-state index is -1.10. The van der Waals surface area contributed by atoms with Crippen molar-refractivity contribution in [1.82, 2.24) is 0 Å². The van der Waals surface area contributed by atoms with Crippen molar-refractivity contribution < 1.29 is 19.2 Å². The van der Waals surface area contributed by atoms with Crippen LogP contribution in [0.5, 0.6) is 0 Å². The first-order valence-corrected chi connectivity index (χ1v) is 9.51. The van der Waals surface area contributed by atoms with Gasteiger partial charge in [0.2, 0.25) is 6.41 Å². The van der Waals surface area contributed by atoms with Gasteiger partial charge in [-0.15, -0.1) is 0 Å². The molecule has 3 aromatic rings. The van der Waals surface area contributed by atoms with Crippen molar-refractivity contribution in [2.75, 3.05) is 4.90 Å². The lowest BCUT2D eigenvalue weighted by molar-refractivity contribution is -0.111. The van der Waals surface area contributed by atoms with Gasteiger partial charge in [-0.1, -0.05) is 60.7 Å². The first kappa shape index (κ1) is 20.9. The lowest BCUT2D eigenvalue weighted by atomic mass is 9.86.